The van der Waals surface area contributed by atoms with Crippen molar-refractivity contribution in [3.63, 3.8) is 0 Å². The van der Waals surface area contributed by atoms with Gasteiger partial charge in [-0.2, -0.15) is 0 Å². The van der Waals surface area contributed by atoms with Crippen molar-refractivity contribution in [2.75, 3.05) is 18.4 Å². The lowest BCUT2D eigenvalue weighted by molar-refractivity contribution is -0.116. The summed E-state index contributed by atoms with van der Waals surface area (Å²) < 4.78 is 13.0. The van der Waals surface area contributed by atoms with Gasteiger partial charge in [-0.3, -0.25) is 9.69 Å². The lowest BCUT2D eigenvalue weighted by atomic mass is 10.1. The molecule has 0 saturated heterocycles. The topological polar surface area (TPSA) is 32.3 Å². The van der Waals surface area contributed by atoms with Crippen molar-refractivity contribution in [3.8, 4) is 0 Å². The van der Waals surface area contributed by atoms with E-state index in [0.717, 1.165) is 17.8 Å². The number of carbonyl (C=O) groups excluding carboxylic acids is 1. The molecule has 0 aliphatic carbocycles. The van der Waals surface area contributed by atoms with E-state index >= 15 is 0 Å². The number of carbonyl (C=O) groups is 1. The van der Waals surface area contributed by atoms with Crippen LogP contribution in [0.15, 0.2) is 54.6 Å². The number of anilines is 1. The highest BCUT2D eigenvalue weighted by Crippen LogP contribution is 2.20. The van der Waals surface area contributed by atoms with Gasteiger partial charge in [0.1, 0.15) is 5.82 Å². The number of hydrogen-bond donors (Lipinski definition) is 1. The van der Waals surface area contributed by atoms with E-state index in [-0.39, 0.29) is 17.8 Å². The lowest BCUT2D eigenvalue weighted by Gasteiger charge is -2.28. The molecule has 23 heavy (non-hydrogen) atoms. The summed E-state index contributed by atoms with van der Waals surface area (Å²) in [6, 6.07) is 16.1. The van der Waals surface area contributed by atoms with Crippen LogP contribution >= 0.6 is 0 Å². The van der Waals surface area contributed by atoms with Crippen LogP contribution in [0.4, 0.5) is 10.1 Å². The van der Waals surface area contributed by atoms with Crippen LogP contribution < -0.4 is 5.32 Å². The monoisotopic (exact) mass is 314 g/mol. The average Bonchev–Trinajstić information content (AvgIpc) is 2.56. The van der Waals surface area contributed by atoms with Crippen molar-refractivity contribution in [2.24, 2.45) is 0 Å². The second kappa shape index (κ2) is 8.44. The summed E-state index contributed by atoms with van der Waals surface area (Å²) in [7, 11) is 0. The Morgan fingerprint density at radius 2 is 1.78 bits per heavy atom. The zero-order chi connectivity index (χ0) is 16.7. The van der Waals surface area contributed by atoms with E-state index in [1.165, 1.54) is 12.1 Å². The minimum Gasteiger partial charge on any atom is -0.326 e. The van der Waals surface area contributed by atoms with Crippen LogP contribution in [0.25, 0.3) is 0 Å². The Bertz CT molecular complexity index is 613. The maximum absolute atomic E-state index is 13.0. The molecule has 1 N–H and O–H groups in total. The summed E-state index contributed by atoms with van der Waals surface area (Å²) in [4.78, 5) is 14.3. The Labute approximate surface area is 137 Å². The van der Waals surface area contributed by atoms with E-state index in [4.69, 9.17) is 0 Å². The largest absolute Gasteiger partial charge is 0.326 e. The quantitative estimate of drug-likeness (QED) is 0.829. The molecule has 0 aliphatic rings. The standard InChI is InChI=1S/C19H23FN2O/c1-3-22(15(2)16-9-11-17(20)12-10-16)14-13-19(23)21-18-7-5-4-6-8-18/h4-12,15H,3,13-14H2,1-2H3,(H,21,23). The van der Waals surface area contributed by atoms with Crippen molar-refractivity contribution in [1.82, 2.24) is 4.90 Å². The minimum atomic E-state index is -0.230. The zero-order valence-corrected chi connectivity index (χ0v) is 13.6. The van der Waals surface area contributed by atoms with Crippen molar-refractivity contribution < 1.29 is 9.18 Å². The van der Waals surface area contributed by atoms with Crippen molar-refractivity contribution >= 4 is 11.6 Å². The van der Waals surface area contributed by atoms with Gasteiger partial charge in [-0.1, -0.05) is 37.3 Å². The first-order valence-corrected chi connectivity index (χ1v) is 7.94. The number of para-hydroxylation sites is 1. The van der Waals surface area contributed by atoms with Crippen LogP contribution in [0.2, 0.25) is 0 Å². The van der Waals surface area contributed by atoms with Crippen LogP contribution in [0.1, 0.15) is 31.9 Å². The molecule has 1 atom stereocenters. The lowest BCUT2D eigenvalue weighted by Crippen LogP contribution is -2.30. The molecule has 2 aromatic rings. The molecule has 0 saturated carbocycles. The van der Waals surface area contributed by atoms with Gasteiger partial charge in [0.2, 0.25) is 5.91 Å². The van der Waals surface area contributed by atoms with Gasteiger partial charge in [-0.15, -0.1) is 0 Å². The van der Waals surface area contributed by atoms with E-state index < -0.39 is 0 Å². The number of benzene rings is 2. The first kappa shape index (κ1) is 17.2. The van der Waals surface area contributed by atoms with Gasteiger partial charge in [-0.05, 0) is 43.3 Å². The van der Waals surface area contributed by atoms with Gasteiger partial charge < -0.3 is 5.32 Å². The predicted octanol–water partition coefficient (Wildman–Crippen LogP) is 4.24. The molecule has 0 aromatic heterocycles. The van der Waals surface area contributed by atoms with Crippen LogP contribution in [-0.2, 0) is 4.79 Å². The molecule has 0 aliphatic heterocycles. The highest BCUT2D eigenvalue weighted by Gasteiger charge is 2.15. The molecule has 0 spiro atoms. The smallest absolute Gasteiger partial charge is 0.225 e. The average molecular weight is 314 g/mol. The number of nitrogens with zero attached hydrogens (tertiary/aromatic N) is 1. The Morgan fingerprint density at radius 3 is 2.39 bits per heavy atom. The number of hydrogen-bond acceptors (Lipinski definition) is 2. The van der Waals surface area contributed by atoms with E-state index in [0.29, 0.717) is 13.0 Å². The Kier molecular flexibility index (Phi) is 6.29. The Balaban J connectivity index is 1.89. The van der Waals surface area contributed by atoms with Gasteiger partial charge in [0.25, 0.3) is 0 Å². The second-order valence-electron chi connectivity index (χ2n) is 5.52. The van der Waals surface area contributed by atoms with Gasteiger partial charge in [0.15, 0.2) is 0 Å². The van der Waals surface area contributed by atoms with Crippen LogP contribution in [-0.4, -0.2) is 23.9 Å². The van der Waals surface area contributed by atoms with Gasteiger partial charge in [0, 0.05) is 24.7 Å². The van der Waals surface area contributed by atoms with E-state index in [9.17, 15) is 9.18 Å². The number of nitrogens with one attached hydrogen (secondary N) is 1. The van der Waals surface area contributed by atoms with Crippen molar-refractivity contribution in [1.29, 1.82) is 0 Å². The molecule has 0 radical (unpaired) electrons. The van der Waals surface area contributed by atoms with E-state index in [2.05, 4.69) is 24.1 Å². The molecular formula is C19H23FN2O. The molecule has 3 nitrogen and oxygen atoms in total. The fraction of sp³-hybridized carbons (Fsp3) is 0.316. The van der Waals surface area contributed by atoms with Crippen molar-refractivity contribution in [2.45, 2.75) is 26.3 Å². The summed E-state index contributed by atoms with van der Waals surface area (Å²) in [5.41, 5.74) is 1.86. The summed E-state index contributed by atoms with van der Waals surface area (Å²) in [5.74, 6) is -0.229. The van der Waals surface area contributed by atoms with E-state index in [1.807, 2.05) is 30.3 Å². The third kappa shape index (κ3) is 5.18. The third-order valence-electron chi connectivity index (χ3n) is 3.99. The van der Waals surface area contributed by atoms with Crippen LogP contribution in [0.5, 0.6) is 0 Å². The maximum atomic E-state index is 13.0. The normalized spacial score (nSPS) is 12.2. The van der Waals surface area contributed by atoms with E-state index in [1.54, 1.807) is 12.1 Å². The maximum Gasteiger partial charge on any atom is 0.225 e. The highest BCUT2D eigenvalue weighted by molar-refractivity contribution is 5.90. The predicted molar refractivity (Wildman–Crippen MR) is 91.8 cm³/mol. The molecule has 122 valence electrons. The molecular weight excluding hydrogens is 291 g/mol. The minimum absolute atomic E-state index is 0.000885. The van der Waals surface area contributed by atoms with Gasteiger partial charge >= 0.3 is 0 Å². The zero-order valence-electron chi connectivity index (χ0n) is 13.6. The van der Waals surface area contributed by atoms with Crippen molar-refractivity contribution in [3.05, 3.63) is 66.0 Å². The summed E-state index contributed by atoms with van der Waals surface area (Å²) in [6.07, 6.45) is 0.425. The van der Waals surface area contributed by atoms with Crippen LogP contribution in [0, 0.1) is 5.82 Å². The SMILES string of the molecule is CCN(CCC(=O)Nc1ccccc1)C(C)c1ccc(F)cc1. The fourth-order valence-electron chi connectivity index (χ4n) is 2.57. The first-order valence-electron chi connectivity index (χ1n) is 7.94. The molecule has 0 heterocycles. The first-order chi connectivity index (χ1) is 11.1. The molecule has 1 amide bonds. The summed E-state index contributed by atoms with van der Waals surface area (Å²) in [5, 5.41) is 2.89. The molecule has 2 aromatic carbocycles. The van der Waals surface area contributed by atoms with Crippen LogP contribution in [0.3, 0.4) is 0 Å². The molecule has 0 bridgehead atoms. The second-order valence-corrected chi connectivity index (χ2v) is 5.52. The number of amides is 1. The summed E-state index contributed by atoms with van der Waals surface area (Å²) in [6.45, 7) is 5.63. The number of rotatable bonds is 7. The summed E-state index contributed by atoms with van der Waals surface area (Å²) >= 11 is 0. The number of halogens is 1. The molecule has 4 heteroatoms. The molecule has 1 unspecified atom stereocenters. The molecule has 0 fully saturated rings. The van der Waals surface area contributed by atoms with Gasteiger partial charge in [0.05, 0.1) is 0 Å². The third-order valence-corrected chi connectivity index (χ3v) is 3.99. The Morgan fingerprint density at radius 1 is 1.13 bits per heavy atom. The highest BCUT2D eigenvalue weighted by atomic mass is 19.1. The Hall–Kier alpha value is -2.20. The molecule has 2 rings (SSSR count). The fourth-order valence-corrected chi connectivity index (χ4v) is 2.57. The van der Waals surface area contributed by atoms with Gasteiger partial charge in [-0.25, -0.2) is 4.39 Å².